The summed E-state index contributed by atoms with van der Waals surface area (Å²) in [5.41, 5.74) is 2.10. The number of carbonyl (C=O) groups excluding carboxylic acids is 1. The van der Waals surface area contributed by atoms with Gasteiger partial charge in [-0.05, 0) is 49.6 Å². The van der Waals surface area contributed by atoms with E-state index in [0.717, 1.165) is 40.7 Å². The largest absolute Gasteiger partial charge is 0.354 e. The Bertz CT molecular complexity index is 1030. The van der Waals surface area contributed by atoms with Gasteiger partial charge in [0.1, 0.15) is 10.8 Å². The number of hydrogen-bond acceptors (Lipinski definition) is 5. The summed E-state index contributed by atoms with van der Waals surface area (Å²) in [5.74, 6) is 0.449. The normalized spacial score (nSPS) is 16.2. The Balaban J connectivity index is 1.41. The number of nitrogens with zero attached hydrogens (tertiary/aromatic N) is 3. The summed E-state index contributed by atoms with van der Waals surface area (Å²) in [6.45, 7) is 3.92. The molecule has 1 aromatic heterocycles. The molecule has 1 aliphatic heterocycles. The van der Waals surface area contributed by atoms with Crippen molar-refractivity contribution in [3.8, 4) is 0 Å². The predicted molar refractivity (Wildman–Crippen MR) is 121 cm³/mol. The quantitative estimate of drug-likeness (QED) is 0.612. The highest BCUT2D eigenvalue weighted by Gasteiger charge is 2.28. The lowest BCUT2D eigenvalue weighted by Gasteiger charge is -2.33. The molecule has 0 radical (unpaired) electrons. The van der Waals surface area contributed by atoms with E-state index >= 15 is 0 Å². The maximum atomic E-state index is 13.1. The van der Waals surface area contributed by atoms with E-state index in [1.165, 1.54) is 17.7 Å². The lowest BCUT2D eigenvalue weighted by molar-refractivity contribution is -0.125. The van der Waals surface area contributed by atoms with E-state index < -0.39 is 0 Å². The molecule has 1 saturated heterocycles. The highest BCUT2D eigenvalue weighted by molar-refractivity contribution is 7.99. The second-order valence-corrected chi connectivity index (χ2v) is 8.79. The number of nitrogens with one attached hydrogen (secondary N) is 1. The molecule has 5 nitrogen and oxygen atoms in total. The van der Waals surface area contributed by atoms with E-state index in [1.807, 2.05) is 0 Å². The van der Waals surface area contributed by atoms with E-state index in [0.29, 0.717) is 13.1 Å². The molecule has 4 rings (SSSR count). The summed E-state index contributed by atoms with van der Waals surface area (Å²) in [6.07, 6.45) is 5.16. The van der Waals surface area contributed by atoms with Gasteiger partial charge in [-0.15, -0.1) is 0 Å². The van der Waals surface area contributed by atoms with Crippen LogP contribution in [0.5, 0.6) is 0 Å². The Kier molecular flexibility index (Phi) is 6.82. The molecule has 1 atom stereocenters. The summed E-state index contributed by atoms with van der Waals surface area (Å²) in [4.78, 5) is 25.2. The van der Waals surface area contributed by atoms with E-state index in [2.05, 4.69) is 51.4 Å². The summed E-state index contributed by atoms with van der Waals surface area (Å²) < 4.78 is 13.1. The zero-order valence-corrected chi connectivity index (χ0v) is 18.2. The molecule has 2 heterocycles. The summed E-state index contributed by atoms with van der Waals surface area (Å²) in [7, 11) is 0. The molecule has 1 fully saturated rings. The summed E-state index contributed by atoms with van der Waals surface area (Å²) >= 11 is 1.59. The Hall–Kier alpha value is -2.93. The number of anilines is 1. The molecule has 0 aliphatic carbocycles. The SMILES string of the molecule is Cc1ccc(Sc2nccnc2N2CCC[C@H](C(=O)NCc3ccc(F)cc3)C2)cc1. The van der Waals surface area contributed by atoms with Gasteiger partial charge in [0, 0.05) is 36.9 Å². The van der Waals surface area contributed by atoms with Crippen LogP contribution < -0.4 is 10.2 Å². The molecule has 1 N–H and O–H groups in total. The van der Waals surface area contributed by atoms with Crippen molar-refractivity contribution in [3.63, 3.8) is 0 Å². The van der Waals surface area contributed by atoms with Crippen LogP contribution in [0.3, 0.4) is 0 Å². The van der Waals surface area contributed by atoms with Crippen molar-refractivity contribution in [3.05, 3.63) is 77.9 Å². The average Bonchev–Trinajstić information content (AvgIpc) is 2.80. The van der Waals surface area contributed by atoms with Gasteiger partial charge in [0.05, 0.1) is 5.92 Å². The minimum absolute atomic E-state index is 0.0191. The first kappa shape index (κ1) is 21.3. The Morgan fingerprint density at radius 2 is 1.87 bits per heavy atom. The Labute approximate surface area is 186 Å². The third-order valence-corrected chi connectivity index (χ3v) is 6.34. The first-order valence-electron chi connectivity index (χ1n) is 10.4. The fraction of sp³-hybridized carbons (Fsp3) is 0.292. The molecule has 0 unspecified atom stereocenters. The lowest BCUT2D eigenvalue weighted by atomic mass is 9.97. The van der Waals surface area contributed by atoms with Crippen LogP contribution in [-0.2, 0) is 11.3 Å². The number of rotatable bonds is 6. The van der Waals surface area contributed by atoms with Crippen molar-refractivity contribution in [1.29, 1.82) is 0 Å². The van der Waals surface area contributed by atoms with Crippen LogP contribution in [0.25, 0.3) is 0 Å². The molecule has 3 aromatic rings. The highest BCUT2D eigenvalue weighted by Crippen LogP contribution is 2.34. The Morgan fingerprint density at radius 1 is 1.13 bits per heavy atom. The zero-order chi connectivity index (χ0) is 21.6. The standard InChI is InChI=1S/C24H25FN4OS/c1-17-4-10-21(11-5-17)31-24-22(26-12-13-27-24)29-14-2-3-19(16-29)23(30)28-15-18-6-8-20(25)9-7-18/h4-13,19H,2-3,14-16H2,1H3,(H,28,30)/t19-/m0/s1. The first-order valence-corrected chi connectivity index (χ1v) is 11.2. The maximum Gasteiger partial charge on any atom is 0.225 e. The number of benzene rings is 2. The number of halogens is 1. The molecule has 1 aliphatic rings. The van der Waals surface area contributed by atoms with E-state index in [-0.39, 0.29) is 17.6 Å². The number of carbonyl (C=O) groups is 1. The third kappa shape index (κ3) is 5.61. The van der Waals surface area contributed by atoms with E-state index in [9.17, 15) is 9.18 Å². The molecule has 1 amide bonds. The number of amides is 1. The molecule has 0 bridgehead atoms. The van der Waals surface area contributed by atoms with Gasteiger partial charge >= 0.3 is 0 Å². The smallest absolute Gasteiger partial charge is 0.225 e. The van der Waals surface area contributed by atoms with Crippen molar-refractivity contribution in [2.45, 2.75) is 36.2 Å². The molecule has 7 heteroatoms. The predicted octanol–water partition coefficient (Wildman–Crippen LogP) is 4.61. The lowest BCUT2D eigenvalue weighted by Crippen LogP contribution is -2.43. The molecule has 2 aromatic carbocycles. The fourth-order valence-electron chi connectivity index (χ4n) is 3.64. The minimum Gasteiger partial charge on any atom is -0.354 e. The van der Waals surface area contributed by atoms with Crippen molar-refractivity contribution < 1.29 is 9.18 Å². The number of aryl methyl sites for hydroxylation is 1. The van der Waals surface area contributed by atoms with Crippen molar-refractivity contribution >= 4 is 23.5 Å². The molecule has 31 heavy (non-hydrogen) atoms. The summed E-state index contributed by atoms with van der Waals surface area (Å²) in [6, 6.07) is 14.5. The molecule has 0 saturated carbocycles. The van der Waals surface area contributed by atoms with Gasteiger partial charge in [0.15, 0.2) is 5.82 Å². The average molecular weight is 437 g/mol. The topological polar surface area (TPSA) is 58.1 Å². The number of piperidine rings is 1. The fourth-order valence-corrected chi connectivity index (χ4v) is 4.53. The molecular weight excluding hydrogens is 411 g/mol. The van der Waals surface area contributed by atoms with Gasteiger partial charge in [-0.3, -0.25) is 4.79 Å². The van der Waals surface area contributed by atoms with Crippen LogP contribution in [0.15, 0.2) is 70.8 Å². The second-order valence-electron chi connectivity index (χ2n) is 7.73. The van der Waals surface area contributed by atoms with Crippen LogP contribution in [0.2, 0.25) is 0 Å². The van der Waals surface area contributed by atoms with Crippen LogP contribution in [0.4, 0.5) is 10.2 Å². The van der Waals surface area contributed by atoms with Gasteiger partial charge < -0.3 is 10.2 Å². The van der Waals surface area contributed by atoms with Crippen molar-refractivity contribution in [2.75, 3.05) is 18.0 Å². The summed E-state index contributed by atoms with van der Waals surface area (Å²) in [5, 5.41) is 3.84. The van der Waals surface area contributed by atoms with Gasteiger partial charge in [-0.2, -0.15) is 0 Å². The van der Waals surface area contributed by atoms with Crippen LogP contribution in [0.1, 0.15) is 24.0 Å². The molecule has 160 valence electrons. The Morgan fingerprint density at radius 3 is 2.65 bits per heavy atom. The number of hydrogen-bond donors (Lipinski definition) is 1. The van der Waals surface area contributed by atoms with Gasteiger partial charge in [0.25, 0.3) is 0 Å². The van der Waals surface area contributed by atoms with E-state index in [1.54, 1.807) is 36.3 Å². The van der Waals surface area contributed by atoms with Gasteiger partial charge in [-0.1, -0.05) is 41.6 Å². The van der Waals surface area contributed by atoms with Gasteiger partial charge in [0.2, 0.25) is 5.91 Å². The first-order chi connectivity index (χ1) is 15.1. The zero-order valence-electron chi connectivity index (χ0n) is 17.4. The molecular formula is C24H25FN4OS. The van der Waals surface area contributed by atoms with Crippen molar-refractivity contribution in [2.24, 2.45) is 5.92 Å². The van der Waals surface area contributed by atoms with Gasteiger partial charge in [-0.25, -0.2) is 14.4 Å². The molecule has 0 spiro atoms. The second kappa shape index (κ2) is 9.92. The number of aromatic nitrogens is 2. The van der Waals surface area contributed by atoms with E-state index in [4.69, 9.17) is 0 Å². The minimum atomic E-state index is -0.277. The van der Waals surface area contributed by atoms with Crippen LogP contribution >= 0.6 is 11.8 Å². The third-order valence-electron chi connectivity index (χ3n) is 5.35. The van der Waals surface area contributed by atoms with Crippen molar-refractivity contribution in [1.82, 2.24) is 15.3 Å². The highest BCUT2D eigenvalue weighted by atomic mass is 32.2. The maximum absolute atomic E-state index is 13.1. The monoisotopic (exact) mass is 436 g/mol. The van der Waals surface area contributed by atoms with Crippen LogP contribution in [-0.4, -0.2) is 29.0 Å². The van der Waals surface area contributed by atoms with Crippen LogP contribution in [0, 0.1) is 18.7 Å².